The first kappa shape index (κ1) is 13.9. The Bertz CT molecular complexity index is 414. The summed E-state index contributed by atoms with van der Waals surface area (Å²) in [6, 6.07) is 0. The molecule has 1 amide bonds. The number of nitrogens with two attached hydrogens (primary N) is 1. The van der Waals surface area contributed by atoms with Crippen LogP contribution < -0.4 is 5.73 Å². The van der Waals surface area contributed by atoms with Crippen LogP contribution in [0.4, 0.5) is 4.79 Å². The Morgan fingerprint density at radius 2 is 2.26 bits per heavy atom. The molecule has 106 valence electrons. The zero-order valence-corrected chi connectivity index (χ0v) is 11.6. The van der Waals surface area contributed by atoms with E-state index in [9.17, 15) is 4.79 Å². The molecule has 0 spiro atoms. The van der Waals surface area contributed by atoms with Crippen molar-refractivity contribution in [2.24, 2.45) is 22.1 Å². The molecule has 0 aromatic heterocycles. The van der Waals surface area contributed by atoms with Crippen LogP contribution in [0.3, 0.4) is 0 Å². The second-order valence-corrected chi connectivity index (χ2v) is 6.01. The predicted molar refractivity (Wildman–Crippen MR) is 71.0 cm³/mol. The summed E-state index contributed by atoms with van der Waals surface area (Å²) in [6.07, 6.45) is 5.87. The Hall–Kier alpha value is -1.56. The van der Waals surface area contributed by atoms with Crippen molar-refractivity contribution < 1.29 is 14.4 Å². The van der Waals surface area contributed by atoms with Gasteiger partial charge in [0.2, 0.25) is 5.79 Å². The molecule has 0 saturated heterocycles. The number of hydroxylamine groups is 2. The lowest BCUT2D eigenvalue weighted by Gasteiger charge is -2.53. The van der Waals surface area contributed by atoms with Gasteiger partial charge in [-0.15, -0.1) is 0 Å². The van der Waals surface area contributed by atoms with E-state index in [1.54, 1.807) is 23.7 Å². The largest absolute Gasteiger partial charge is 0.415 e. The summed E-state index contributed by atoms with van der Waals surface area (Å²) in [6.45, 7) is 6.84. The number of aliphatic imine (C=N–C) groups is 1. The van der Waals surface area contributed by atoms with E-state index in [1.165, 1.54) is 0 Å². The van der Waals surface area contributed by atoms with Crippen LogP contribution in [0.2, 0.25) is 0 Å². The summed E-state index contributed by atoms with van der Waals surface area (Å²) < 4.78 is 5.31. The van der Waals surface area contributed by atoms with E-state index in [4.69, 9.17) is 15.3 Å². The van der Waals surface area contributed by atoms with Crippen LogP contribution in [0.1, 0.15) is 33.6 Å². The van der Waals surface area contributed by atoms with Crippen molar-refractivity contribution in [3.8, 4) is 0 Å². The summed E-state index contributed by atoms with van der Waals surface area (Å²) in [5, 5.41) is 1.62. The summed E-state index contributed by atoms with van der Waals surface area (Å²) in [5.41, 5.74) is 5.17. The van der Waals surface area contributed by atoms with Gasteiger partial charge in [-0.05, 0) is 11.8 Å². The SMILES string of the molecule is CC(C)(C)C1CCC1(OC(N)=O)ON1C=CN=CC1. The fraction of sp³-hybridized carbons (Fsp3) is 0.692. The highest BCUT2D eigenvalue weighted by Gasteiger charge is 2.57. The van der Waals surface area contributed by atoms with Crippen LogP contribution in [-0.4, -0.2) is 29.7 Å². The molecule has 2 N–H and O–H groups in total. The van der Waals surface area contributed by atoms with Gasteiger partial charge in [-0.25, -0.2) is 9.63 Å². The number of nitrogens with zero attached hydrogens (tertiary/aromatic N) is 2. The minimum Gasteiger partial charge on any atom is -0.415 e. The molecule has 1 fully saturated rings. The lowest BCUT2D eigenvalue weighted by Crippen LogP contribution is -2.60. The van der Waals surface area contributed by atoms with E-state index in [0.29, 0.717) is 13.0 Å². The van der Waals surface area contributed by atoms with E-state index < -0.39 is 11.9 Å². The second-order valence-electron chi connectivity index (χ2n) is 6.01. The highest BCUT2D eigenvalue weighted by atomic mass is 16.8. The fourth-order valence-electron chi connectivity index (χ4n) is 2.67. The highest BCUT2D eigenvalue weighted by molar-refractivity contribution is 5.65. The van der Waals surface area contributed by atoms with Gasteiger partial charge in [0.05, 0.1) is 6.54 Å². The minimum atomic E-state index is -0.959. The van der Waals surface area contributed by atoms with Crippen molar-refractivity contribution in [2.75, 3.05) is 6.54 Å². The van der Waals surface area contributed by atoms with Crippen molar-refractivity contribution in [3.05, 3.63) is 12.4 Å². The van der Waals surface area contributed by atoms with E-state index in [1.807, 2.05) is 0 Å². The molecule has 0 aromatic rings. The van der Waals surface area contributed by atoms with E-state index in [-0.39, 0.29) is 11.3 Å². The van der Waals surface area contributed by atoms with Crippen molar-refractivity contribution >= 4 is 12.3 Å². The molecule has 2 rings (SSSR count). The molecule has 0 radical (unpaired) electrons. The summed E-state index contributed by atoms with van der Waals surface area (Å²) >= 11 is 0. The third kappa shape index (κ3) is 2.89. The average Bonchev–Trinajstić information content (AvgIpc) is 2.25. The van der Waals surface area contributed by atoms with Gasteiger partial charge in [0.15, 0.2) is 0 Å². The number of carbonyl (C=O) groups excluding carboxylic acids is 1. The molecule has 6 nitrogen and oxygen atoms in total. The number of rotatable bonds is 3. The topological polar surface area (TPSA) is 77.1 Å². The maximum atomic E-state index is 11.2. The van der Waals surface area contributed by atoms with Crippen LogP contribution >= 0.6 is 0 Å². The van der Waals surface area contributed by atoms with Crippen LogP contribution in [-0.2, 0) is 9.57 Å². The van der Waals surface area contributed by atoms with E-state index in [0.717, 1.165) is 6.42 Å². The second kappa shape index (κ2) is 4.85. The predicted octanol–water partition coefficient (Wildman–Crippen LogP) is 2.02. The Morgan fingerprint density at radius 1 is 1.53 bits per heavy atom. The van der Waals surface area contributed by atoms with Crippen LogP contribution in [0.5, 0.6) is 0 Å². The number of carbonyl (C=O) groups is 1. The molecule has 1 heterocycles. The maximum absolute atomic E-state index is 11.2. The summed E-state index contributed by atoms with van der Waals surface area (Å²) in [7, 11) is 0. The number of ether oxygens (including phenoxy) is 1. The zero-order chi connectivity index (χ0) is 14.1. The van der Waals surface area contributed by atoms with Gasteiger partial charge in [0, 0.05) is 31.0 Å². The molecule has 1 saturated carbocycles. The highest BCUT2D eigenvalue weighted by Crippen LogP contribution is 2.52. The first-order chi connectivity index (χ1) is 8.83. The van der Waals surface area contributed by atoms with Crippen molar-refractivity contribution in [3.63, 3.8) is 0 Å². The van der Waals surface area contributed by atoms with Crippen LogP contribution in [0, 0.1) is 11.3 Å². The molecule has 0 bridgehead atoms. The van der Waals surface area contributed by atoms with Crippen molar-refractivity contribution in [1.29, 1.82) is 0 Å². The summed E-state index contributed by atoms with van der Waals surface area (Å²) in [5.74, 6) is -0.848. The Labute approximate surface area is 113 Å². The van der Waals surface area contributed by atoms with Gasteiger partial charge in [-0.2, -0.15) is 0 Å². The molecule has 2 unspecified atom stereocenters. The maximum Gasteiger partial charge on any atom is 0.407 e. The number of hydrogen-bond acceptors (Lipinski definition) is 5. The first-order valence-corrected chi connectivity index (χ1v) is 6.46. The molecule has 2 aliphatic rings. The van der Waals surface area contributed by atoms with Gasteiger partial charge in [-0.1, -0.05) is 20.8 Å². The quantitative estimate of drug-likeness (QED) is 0.794. The minimum absolute atomic E-state index is 0.0265. The average molecular weight is 267 g/mol. The van der Waals surface area contributed by atoms with Gasteiger partial charge < -0.3 is 10.5 Å². The first-order valence-electron chi connectivity index (χ1n) is 6.46. The molecule has 1 aliphatic heterocycles. The van der Waals surface area contributed by atoms with Crippen molar-refractivity contribution in [1.82, 2.24) is 5.06 Å². The van der Waals surface area contributed by atoms with Crippen LogP contribution in [0.25, 0.3) is 0 Å². The van der Waals surface area contributed by atoms with Crippen molar-refractivity contribution in [2.45, 2.75) is 39.4 Å². The normalized spacial score (nSPS) is 30.1. The Balaban J connectivity index is 2.14. The molecule has 2 atom stereocenters. The van der Waals surface area contributed by atoms with E-state index in [2.05, 4.69) is 25.8 Å². The van der Waals surface area contributed by atoms with E-state index >= 15 is 0 Å². The Kier molecular flexibility index (Phi) is 3.54. The monoisotopic (exact) mass is 267 g/mol. The number of amides is 1. The molecular formula is C13H21N3O3. The molecule has 1 aliphatic carbocycles. The Morgan fingerprint density at radius 3 is 2.68 bits per heavy atom. The van der Waals surface area contributed by atoms with Crippen LogP contribution in [0.15, 0.2) is 17.4 Å². The lowest BCUT2D eigenvalue weighted by molar-refractivity contribution is -0.373. The molecule has 0 aromatic carbocycles. The van der Waals surface area contributed by atoms with Gasteiger partial charge >= 0.3 is 6.09 Å². The third-order valence-corrected chi connectivity index (χ3v) is 3.59. The summed E-state index contributed by atoms with van der Waals surface area (Å²) in [4.78, 5) is 21.0. The van der Waals surface area contributed by atoms with Gasteiger partial charge in [0.1, 0.15) is 0 Å². The smallest absolute Gasteiger partial charge is 0.407 e. The number of primary amides is 1. The number of hydrogen-bond donors (Lipinski definition) is 1. The molecular weight excluding hydrogens is 246 g/mol. The third-order valence-electron chi connectivity index (χ3n) is 3.59. The standard InChI is InChI=1S/C13H21N3O3/c1-12(2,3)10-4-5-13(10,18-11(14)17)19-16-8-6-15-7-9-16/h6-8,10H,4-5,9H2,1-3H3,(H2,14,17). The lowest BCUT2D eigenvalue weighted by atomic mass is 9.64. The van der Waals surface area contributed by atoms with Gasteiger partial charge in [-0.3, -0.25) is 10.1 Å². The zero-order valence-electron chi connectivity index (χ0n) is 11.6. The molecule has 19 heavy (non-hydrogen) atoms. The fourth-order valence-corrected chi connectivity index (χ4v) is 2.67. The molecule has 6 heteroatoms. The van der Waals surface area contributed by atoms with Gasteiger partial charge in [0.25, 0.3) is 0 Å².